The molecule has 1 amide bonds. The molecule has 3 rings (SSSR count). The predicted molar refractivity (Wildman–Crippen MR) is 80.5 cm³/mol. The standard InChI is InChI=1S/C16H17N3O4/c1-10-6-13(16(21)22)8-19(7-10)15(20)12-4-2-11(3-5-12)14-17-9-23-18-14/h2-5,9-10,13H,6-8H2,1H3,(H,21,22). The third-order valence-electron chi connectivity index (χ3n) is 4.05. The van der Waals surface area contributed by atoms with E-state index in [0.717, 1.165) is 5.56 Å². The fraction of sp³-hybridized carbons (Fsp3) is 0.375. The normalized spacial score (nSPS) is 21.2. The zero-order valence-corrected chi connectivity index (χ0v) is 12.7. The molecule has 1 saturated heterocycles. The van der Waals surface area contributed by atoms with Crippen LogP contribution in [0, 0.1) is 11.8 Å². The van der Waals surface area contributed by atoms with Crippen molar-refractivity contribution in [2.45, 2.75) is 13.3 Å². The van der Waals surface area contributed by atoms with Gasteiger partial charge in [-0.3, -0.25) is 9.59 Å². The summed E-state index contributed by atoms with van der Waals surface area (Å²) < 4.78 is 4.70. The molecule has 0 saturated carbocycles. The highest BCUT2D eigenvalue weighted by Gasteiger charge is 2.32. The van der Waals surface area contributed by atoms with Crippen LogP contribution in [-0.2, 0) is 4.79 Å². The minimum absolute atomic E-state index is 0.150. The molecule has 7 nitrogen and oxygen atoms in total. The number of carboxylic acids is 1. The summed E-state index contributed by atoms with van der Waals surface area (Å²) in [5.41, 5.74) is 1.28. The fourth-order valence-corrected chi connectivity index (χ4v) is 2.94. The zero-order valence-electron chi connectivity index (χ0n) is 12.7. The predicted octanol–water partition coefficient (Wildman–Crippen LogP) is 1.92. The summed E-state index contributed by atoms with van der Waals surface area (Å²) >= 11 is 0. The monoisotopic (exact) mass is 315 g/mol. The van der Waals surface area contributed by atoms with E-state index in [1.807, 2.05) is 6.92 Å². The van der Waals surface area contributed by atoms with Crippen molar-refractivity contribution in [1.82, 2.24) is 15.0 Å². The average Bonchev–Trinajstić information content (AvgIpc) is 3.08. The molecular formula is C16H17N3O4. The first-order valence-corrected chi connectivity index (χ1v) is 7.43. The van der Waals surface area contributed by atoms with Gasteiger partial charge in [0.1, 0.15) is 0 Å². The molecule has 2 aromatic rings. The Kier molecular flexibility index (Phi) is 4.10. The highest BCUT2D eigenvalue weighted by Crippen LogP contribution is 2.24. The summed E-state index contributed by atoms with van der Waals surface area (Å²) in [6.45, 7) is 2.80. The summed E-state index contributed by atoms with van der Waals surface area (Å²) in [6.07, 6.45) is 1.85. The van der Waals surface area contributed by atoms with Gasteiger partial charge in [-0.25, -0.2) is 0 Å². The van der Waals surface area contributed by atoms with Crippen LogP contribution >= 0.6 is 0 Å². The number of aromatic nitrogens is 2. The van der Waals surface area contributed by atoms with Gasteiger partial charge in [0.2, 0.25) is 12.2 Å². The molecule has 1 aliphatic heterocycles. The first-order valence-electron chi connectivity index (χ1n) is 7.43. The number of hydrogen-bond donors (Lipinski definition) is 1. The lowest BCUT2D eigenvalue weighted by Crippen LogP contribution is -2.45. The van der Waals surface area contributed by atoms with E-state index in [2.05, 4.69) is 10.1 Å². The topological polar surface area (TPSA) is 96.5 Å². The summed E-state index contributed by atoms with van der Waals surface area (Å²) in [5, 5.41) is 13.0. The molecule has 2 heterocycles. The molecular weight excluding hydrogens is 298 g/mol. The van der Waals surface area contributed by atoms with E-state index in [4.69, 9.17) is 4.52 Å². The van der Waals surface area contributed by atoms with E-state index in [1.54, 1.807) is 29.2 Å². The van der Waals surface area contributed by atoms with Gasteiger partial charge in [-0.2, -0.15) is 4.98 Å². The highest BCUT2D eigenvalue weighted by molar-refractivity contribution is 5.95. The molecule has 0 radical (unpaired) electrons. The van der Waals surface area contributed by atoms with Crippen molar-refractivity contribution in [3.8, 4) is 11.4 Å². The summed E-state index contributed by atoms with van der Waals surface area (Å²) in [4.78, 5) is 29.4. The van der Waals surface area contributed by atoms with Gasteiger partial charge in [0, 0.05) is 24.2 Å². The second kappa shape index (κ2) is 6.20. The smallest absolute Gasteiger partial charge is 0.308 e. The van der Waals surface area contributed by atoms with Gasteiger partial charge in [-0.05, 0) is 24.5 Å². The zero-order chi connectivity index (χ0) is 16.4. The molecule has 7 heteroatoms. The van der Waals surface area contributed by atoms with Crippen molar-refractivity contribution in [2.75, 3.05) is 13.1 Å². The van der Waals surface area contributed by atoms with Crippen molar-refractivity contribution in [3.05, 3.63) is 36.2 Å². The first-order chi connectivity index (χ1) is 11.0. The van der Waals surface area contributed by atoms with Crippen molar-refractivity contribution < 1.29 is 19.2 Å². The van der Waals surface area contributed by atoms with E-state index >= 15 is 0 Å². The molecule has 1 aromatic carbocycles. The largest absolute Gasteiger partial charge is 0.481 e. The van der Waals surface area contributed by atoms with Crippen molar-refractivity contribution in [3.63, 3.8) is 0 Å². The van der Waals surface area contributed by atoms with Crippen molar-refractivity contribution in [1.29, 1.82) is 0 Å². The van der Waals surface area contributed by atoms with E-state index in [-0.39, 0.29) is 18.4 Å². The molecule has 120 valence electrons. The van der Waals surface area contributed by atoms with Gasteiger partial charge in [0.15, 0.2) is 0 Å². The highest BCUT2D eigenvalue weighted by atomic mass is 16.5. The van der Waals surface area contributed by atoms with Gasteiger partial charge >= 0.3 is 5.97 Å². The Morgan fingerprint density at radius 3 is 2.61 bits per heavy atom. The maximum absolute atomic E-state index is 12.6. The minimum Gasteiger partial charge on any atom is -0.481 e. The van der Waals surface area contributed by atoms with Gasteiger partial charge in [-0.15, -0.1) is 0 Å². The number of likely N-dealkylation sites (tertiary alicyclic amines) is 1. The lowest BCUT2D eigenvalue weighted by atomic mass is 9.90. The summed E-state index contributed by atoms with van der Waals surface area (Å²) in [6, 6.07) is 6.90. The number of carbonyl (C=O) groups is 2. The Labute approximate surface area is 132 Å². The van der Waals surface area contributed by atoms with Crippen LogP contribution in [0.4, 0.5) is 0 Å². The van der Waals surface area contributed by atoms with Crippen LogP contribution in [0.15, 0.2) is 35.2 Å². The second-order valence-corrected chi connectivity index (χ2v) is 5.92. The number of piperidine rings is 1. The quantitative estimate of drug-likeness (QED) is 0.929. The van der Waals surface area contributed by atoms with Gasteiger partial charge in [-0.1, -0.05) is 24.2 Å². The molecule has 1 aromatic heterocycles. The number of nitrogens with zero attached hydrogens (tertiary/aromatic N) is 3. The van der Waals surface area contributed by atoms with E-state index in [9.17, 15) is 14.7 Å². The molecule has 23 heavy (non-hydrogen) atoms. The number of carboxylic acid groups (broad SMARTS) is 1. The van der Waals surface area contributed by atoms with Gasteiger partial charge in [0.25, 0.3) is 5.91 Å². The Bertz CT molecular complexity index is 697. The van der Waals surface area contributed by atoms with Crippen LogP contribution in [0.3, 0.4) is 0 Å². The van der Waals surface area contributed by atoms with Crippen LogP contribution < -0.4 is 0 Å². The van der Waals surface area contributed by atoms with Crippen LogP contribution in [0.1, 0.15) is 23.7 Å². The summed E-state index contributed by atoms with van der Waals surface area (Å²) in [5.74, 6) is -0.862. The molecule has 1 aliphatic rings. The Balaban J connectivity index is 1.76. The van der Waals surface area contributed by atoms with Crippen LogP contribution in [0.2, 0.25) is 0 Å². The first kappa shape index (κ1) is 15.2. The van der Waals surface area contributed by atoms with Crippen LogP contribution in [0.25, 0.3) is 11.4 Å². The lowest BCUT2D eigenvalue weighted by Gasteiger charge is -2.34. The lowest BCUT2D eigenvalue weighted by molar-refractivity contribution is -0.143. The van der Waals surface area contributed by atoms with Crippen molar-refractivity contribution in [2.24, 2.45) is 11.8 Å². The Hall–Kier alpha value is -2.70. The van der Waals surface area contributed by atoms with Gasteiger partial charge < -0.3 is 14.5 Å². The molecule has 0 spiro atoms. The number of amides is 1. The number of benzene rings is 1. The molecule has 2 unspecified atom stereocenters. The Morgan fingerprint density at radius 1 is 1.26 bits per heavy atom. The van der Waals surface area contributed by atoms with E-state index < -0.39 is 11.9 Å². The number of carbonyl (C=O) groups excluding carboxylic acids is 1. The van der Waals surface area contributed by atoms with Gasteiger partial charge in [0.05, 0.1) is 5.92 Å². The second-order valence-electron chi connectivity index (χ2n) is 5.92. The number of hydrogen-bond acceptors (Lipinski definition) is 5. The van der Waals surface area contributed by atoms with Crippen molar-refractivity contribution >= 4 is 11.9 Å². The van der Waals surface area contributed by atoms with Crippen LogP contribution in [-0.4, -0.2) is 45.1 Å². The van der Waals surface area contributed by atoms with E-state index in [1.165, 1.54) is 6.39 Å². The summed E-state index contributed by atoms with van der Waals surface area (Å²) in [7, 11) is 0. The maximum atomic E-state index is 12.6. The fourth-order valence-electron chi connectivity index (χ4n) is 2.94. The SMILES string of the molecule is CC1CC(C(=O)O)CN(C(=O)c2ccc(-c3ncon3)cc2)C1. The Morgan fingerprint density at radius 2 is 2.00 bits per heavy atom. The average molecular weight is 315 g/mol. The molecule has 1 N–H and O–H groups in total. The number of aliphatic carboxylic acids is 1. The third-order valence-corrected chi connectivity index (χ3v) is 4.05. The molecule has 1 fully saturated rings. The molecule has 2 atom stereocenters. The van der Waals surface area contributed by atoms with E-state index in [0.29, 0.717) is 24.4 Å². The third kappa shape index (κ3) is 3.23. The minimum atomic E-state index is -0.846. The maximum Gasteiger partial charge on any atom is 0.308 e. The molecule has 0 bridgehead atoms. The molecule has 0 aliphatic carbocycles. The number of rotatable bonds is 3. The van der Waals surface area contributed by atoms with Crippen LogP contribution in [0.5, 0.6) is 0 Å².